The summed E-state index contributed by atoms with van der Waals surface area (Å²) in [6.07, 6.45) is 5.22. The largest absolute Gasteiger partial charge is 0.330 e. The molecule has 1 fully saturated rings. The van der Waals surface area contributed by atoms with Crippen LogP contribution in [0.15, 0.2) is 0 Å². The molecule has 3 heteroatoms. The first kappa shape index (κ1) is 9.40. The second-order valence-electron chi connectivity index (χ2n) is 5.22. The molecule has 0 aromatic carbocycles. The van der Waals surface area contributed by atoms with Gasteiger partial charge in [0.1, 0.15) is 0 Å². The second kappa shape index (κ2) is 2.85. The van der Waals surface area contributed by atoms with Crippen molar-refractivity contribution in [2.75, 3.05) is 6.54 Å². The number of nitrogens with zero attached hydrogens (tertiary/aromatic N) is 2. The molecule has 1 spiro atoms. The molecule has 2 aliphatic carbocycles. The van der Waals surface area contributed by atoms with Crippen LogP contribution in [0.1, 0.15) is 42.1 Å². The Morgan fingerprint density at radius 1 is 1.47 bits per heavy atom. The summed E-state index contributed by atoms with van der Waals surface area (Å²) in [6, 6.07) is 0. The van der Waals surface area contributed by atoms with Gasteiger partial charge in [0.25, 0.3) is 0 Å². The summed E-state index contributed by atoms with van der Waals surface area (Å²) < 4.78 is 2.02. The maximum atomic E-state index is 5.97. The van der Waals surface area contributed by atoms with Gasteiger partial charge in [-0.15, -0.1) is 0 Å². The van der Waals surface area contributed by atoms with Crippen LogP contribution in [0.25, 0.3) is 0 Å². The van der Waals surface area contributed by atoms with Gasteiger partial charge in [-0.25, -0.2) is 0 Å². The molecule has 0 amide bonds. The third-order valence-corrected chi connectivity index (χ3v) is 4.53. The van der Waals surface area contributed by atoms with E-state index in [4.69, 9.17) is 5.73 Å². The standard InChI is InChI=1S/C12H19N3/c1-8-11-9(7-13)12(5-6-12)4-3-10(11)14-15(8)2/h9H,3-7,13H2,1-2H3. The van der Waals surface area contributed by atoms with Crippen LogP contribution in [0.5, 0.6) is 0 Å². The maximum Gasteiger partial charge on any atom is 0.0663 e. The van der Waals surface area contributed by atoms with Crippen LogP contribution in [-0.2, 0) is 13.5 Å². The normalized spacial score (nSPS) is 26.7. The minimum absolute atomic E-state index is 0.565. The Labute approximate surface area is 90.7 Å². The molecule has 1 heterocycles. The highest BCUT2D eigenvalue weighted by Crippen LogP contribution is 2.61. The quantitative estimate of drug-likeness (QED) is 0.755. The van der Waals surface area contributed by atoms with Crippen molar-refractivity contribution >= 4 is 0 Å². The van der Waals surface area contributed by atoms with Gasteiger partial charge in [-0.3, -0.25) is 4.68 Å². The zero-order valence-electron chi connectivity index (χ0n) is 9.58. The molecule has 1 saturated carbocycles. The molecule has 1 unspecified atom stereocenters. The van der Waals surface area contributed by atoms with E-state index >= 15 is 0 Å². The Morgan fingerprint density at radius 2 is 2.20 bits per heavy atom. The summed E-state index contributed by atoms with van der Waals surface area (Å²) in [4.78, 5) is 0. The SMILES string of the molecule is Cc1c2c(nn1C)CCC1(CC1)C2CN. The Bertz CT molecular complexity index is 401. The van der Waals surface area contributed by atoms with Crippen molar-refractivity contribution in [1.29, 1.82) is 0 Å². The lowest BCUT2D eigenvalue weighted by atomic mass is 9.74. The van der Waals surface area contributed by atoms with Gasteiger partial charge in [-0.1, -0.05) is 0 Å². The molecule has 1 aromatic heterocycles. The molecule has 3 nitrogen and oxygen atoms in total. The predicted molar refractivity (Wildman–Crippen MR) is 59.7 cm³/mol. The molecule has 1 atom stereocenters. The molecule has 0 aliphatic heterocycles. The molecule has 0 bridgehead atoms. The van der Waals surface area contributed by atoms with E-state index in [9.17, 15) is 0 Å². The van der Waals surface area contributed by atoms with E-state index < -0.39 is 0 Å². The highest BCUT2D eigenvalue weighted by atomic mass is 15.3. The zero-order chi connectivity index (χ0) is 10.6. The fraction of sp³-hybridized carbons (Fsp3) is 0.750. The number of rotatable bonds is 1. The average molecular weight is 205 g/mol. The summed E-state index contributed by atoms with van der Waals surface area (Å²) in [7, 11) is 2.04. The Hall–Kier alpha value is -0.830. The third-order valence-electron chi connectivity index (χ3n) is 4.53. The highest BCUT2D eigenvalue weighted by Gasteiger charge is 2.52. The van der Waals surface area contributed by atoms with E-state index in [1.165, 1.54) is 36.2 Å². The zero-order valence-corrected chi connectivity index (χ0v) is 9.58. The van der Waals surface area contributed by atoms with Gasteiger partial charge in [0.05, 0.1) is 5.69 Å². The highest BCUT2D eigenvalue weighted by molar-refractivity contribution is 5.36. The molecular formula is C12H19N3. The van der Waals surface area contributed by atoms with Gasteiger partial charge in [0.2, 0.25) is 0 Å². The van der Waals surface area contributed by atoms with Crippen molar-refractivity contribution in [3.8, 4) is 0 Å². The molecule has 15 heavy (non-hydrogen) atoms. The number of hydrogen-bond acceptors (Lipinski definition) is 2. The number of hydrogen-bond donors (Lipinski definition) is 1. The van der Waals surface area contributed by atoms with Crippen molar-refractivity contribution in [2.24, 2.45) is 18.2 Å². The predicted octanol–water partition coefficient (Wildman–Crippen LogP) is 1.50. The summed E-state index contributed by atoms with van der Waals surface area (Å²) in [5.74, 6) is 0.579. The Kier molecular flexibility index (Phi) is 1.78. The monoisotopic (exact) mass is 205 g/mol. The van der Waals surface area contributed by atoms with Crippen LogP contribution >= 0.6 is 0 Å². The lowest BCUT2D eigenvalue weighted by Gasteiger charge is -2.31. The number of nitrogens with two attached hydrogens (primary N) is 1. The molecule has 0 radical (unpaired) electrons. The second-order valence-corrected chi connectivity index (χ2v) is 5.22. The van der Waals surface area contributed by atoms with Crippen LogP contribution in [0.2, 0.25) is 0 Å². The van der Waals surface area contributed by atoms with Crippen LogP contribution in [0.4, 0.5) is 0 Å². The van der Waals surface area contributed by atoms with E-state index in [0.717, 1.165) is 13.0 Å². The van der Waals surface area contributed by atoms with Crippen molar-refractivity contribution < 1.29 is 0 Å². The maximum absolute atomic E-state index is 5.97. The van der Waals surface area contributed by atoms with Crippen molar-refractivity contribution in [3.63, 3.8) is 0 Å². The van der Waals surface area contributed by atoms with E-state index in [-0.39, 0.29) is 0 Å². The van der Waals surface area contributed by atoms with E-state index in [0.29, 0.717) is 11.3 Å². The first-order chi connectivity index (χ1) is 7.18. The summed E-state index contributed by atoms with van der Waals surface area (Å²) in [5, 5.41) is 4.60. The molecule has 1 aromatic rings. The summed E-state index contributed by atoms with van der Waals surface area (Å²) in [5.41, 5.74) is 10.6. The van der Waals surface area contributed by atoms with E-state index in [1.807, 2.05) is 11.7 Å². The van der Waals surface area contributed by atoms with Crippen molar-refractivity contribution in [1.82, 2.24) is 9.78 Å². The molecule has 2 aliphatic rings. The van der Waals surface area contributed by atoms with Gasteiger partial charge in [0.15, 0.2) is 0 Å². The third kappa shape index (κ3) is 1.13. The van der Waals surface area contributed by atoms with Crippen molar-refractivity contribution in [2.45, 2.75) is 38.5 Å². The van der Waals surface area contributed by atoms with Crippen LogP contribution in [0.3, 0.4) is 0 Å². The average Bonchev–Trinajstić information content (AvgIpc) is 2.94. The summed E-state index contributed by atoms with van der Waals surface area (Å²) >= 11 is 0. The summed E-state index contributed by atoms with van der Waals surface area (Å²) in [6.45, 7) is 2.97. The smallest absolute Gasteiger partial charge is 0.0663 e. The van der Waals surface area contributed by atoms with Crippen LogP contribution < -0.4 is 5.73 Å². The molecule has 2 N–H and O–H groups in total. The van der Waals surface area contributed by atoms with Crippen LogP contribution in [-0.4, -0.2) is 16.3 Å². The van der Waals surface area contributed by atoms with Crippen LogP contribution in [0, 0.1) is 12.3 Å². The molecular weight excluding hydrogens is 186 g/mol. The fourth-order valence-corrected chi connectivity index (χ4v) is 3.31. The topological polar surface area (TPSA) is 43.8 Å². The minimum Gasteiger partial charge on any atom is -0.330 e. The van der Waals surface area contributed by atoms with Gasteiger partial charge < -0.3 is 5.73 Å². The number of aryl methyl sites for hydroxylation is 2. The van der Waals surface area contributed by atoms with Gasteiger partial charge in [-0.2, -0.15) is 5.10 Å². The Morgan fingerprint density at radius 3 is 2.80 bits per heavy atom. The van der Waals surface area contributed by atoms with E-state index in [2.05, 4.69) is 12.0 Å². The number of aromatic nitrogens is 2. The van der Waals surface area contributed by atoms with Gasteiger partial charge in [-0.05, 0) is 44.6 Å². The lowest BCUT2D eigenvalue weighted by molar-refractivity contribution is 0.350. The van der Waals surface area contributed by atoms with E-state index in [1.54, 1.807) is 0 Å². The molecule has 3 rings (SSSR count). The first-order valence-corrected chi connectivity index (χ1v) is 5.90. The van der Waals surface area contributed by atoms with Gasteiger partial charge >= 0.3 is 0 Å². The number of fused-ring (bicyclic) bond motifs is 1. The van der Waals surface area contributed by atoms with Gasteiger partial charge in [0, 0.05) is 24.2 Å². The van der Waals surface area contributed by atoms with Crippen molar-refractivity contribution in [3.05, 3.63) is 17.0 Å². The Balaban J connectivity index is 2.12. The molecule has 82 valence electrons. The lowest BCUT2D eigenvalue weighted by Crippen LogP contribution is -2.28. The fourth-order valence-electron chi connectivity index (χ4n) is 3.31. The first-order valence-electron chi connectivity index (χ1n) is 5.90. The molecule has 0 saturated heterocycles. The minimum atomic E-state index is 0.565.